The number of methoxy groups -OCH3 is 1. The van der Waals surface area contributed by atoms with Gasteiger partial charge >= 0.3 is 0 Å². The van der Waals surface area contributed by atoms with Crippen LogP contribution in [0.2, 0.25) is 0 Å². The third-order valence-electron chi connectivity index (χ3n) is 4.92. The molecule has 0 aliphatic carbocycles. The average Bonchev–Trinajstić information content (AvgIpc) is 3.28. The van der Waals surface area contributed by atoms with Crippen LogP contribution in [0.4, 0.5) is 5.69 Å². The highest BCUT2D eigenvalue weighted by atomic mass is 32.1. The molecule has 0 aliphatic heterocycles. The molecular weight excluding hydrogens is 444 g/mol. The molecule has 0 fully saturated rings. The molecule has 0 saturated carbocycles. The number of hydrogen-bond donors (Lipinski definition) is 1. The molecule has 1 heterocycles. The second-order valence-corrected chi connectivity index (χ2v) is 9.30. The van der Waals surface area contributed by atoms with Gasteiger partial charge in [0.15, 0.2) is 22.3 Å². The second kappa shape index (κ2) is 10.9. The van der Waals surface area contributed by atoms with Gasteiger partial charge in [0, 0.05) is 0 Å². The Morgan fingerprint density at radius 3 is 2.59 bits per heavy atom. The third kappa shape index (κ3) is 5.99. The van der Waals surface area contributed by atoms with Crippen LogP contribution >= 0.6 is 11.3 Å². The Balaban J connectivity index is 1.58. The number of aromatic nitrogens is 1. The van der Waals surface area contributed by atoms with E-state index in [1.807, 2.05) is 60.7 Å². The number of aryl methyl sites for hydroxylation is 1. The molecule has 0 amide bonds. The van der Waals surface area contributed by atoms with Crippen molar-refractivity contribution in [2.24, 2.45) is 16.0 Å². The van der Waals surface area contributed by atoms with E-state index in [0.29, 0.717) is 24.1 Å². The SMILES string of the molecule is COc1cc(/C=N/NC(=Nc2ccc(C)cc2)c2nc3ccccc3s2)ccc1OCC(C)C. The quantitative estimate of drug-likeness (QED) is 0.184. The van der Waals surface area contributed by atoms with E-state index < -0.39 is 0 Å². The van der Waals surface area contributed by atoms with Gasteiger partial charge in [0.1, 0.15) is 0 Å². The molecule has 4 aromatic rings. The van der Waals surface area contributed by atoms with Gasteiger partial charge in [-0.25, -0.2) is 9.98 Å². The summed E-state index contributed by atoms with van der Waals surface area (Å²) in [6.07, 6.45) is 1.73. The number of thiazole rings is 1. The molecule has 34 heavy (non-hydrogen) atoms. The number of hydrazone groups is 1. The third-order valence-corrected chi connectivity index (χ3v) is 5.96. The summed E-state index contributed by atoms with van der Waals surface area (Å²) in [6, 6.07) is 21.8. The first-order chi connectivity index (χ1) is 16.5. The summed E-state index contributed by atoms with van der Waals surface area (Å²) >= 11 is 1.57. The van der Waals surface area contributed by atoms with Crippen molar-refractivity contribution < 1.29 is 9.47 Å². The predicted octanol–water partition coefficient (Wildman–Crippen LogP) is 6.35. The van der Waals surface area contributed by atoms with Crippen molar-refractivity contribution in [1.82, 2.24) is 10.4 Å². The summed E-state index contributed by atoms with van der Waals surface area (Å²) in [5, 5.41) is 5.22. The monoisotopic (exact) mass is 472 g/mol. The second-order valence-electron chi connectivity index (χ2n) is 8.27. The number of hydrogen-bond acceptors (Lipinski definition) is 6. The van der Waals surface area contributed by atoms with Gasteiger partial charge in [-0.05, 0) is 60.9 Å². The lowest BCUT2D eigenvalue weighted by Gasteiger charge is -2.12. The number of fused-ring (bicyclic) bond motifs is 1. The van der Waals surface area contributed by atoms with Crippen LogP contribution in [0, 0.1) is 12.8 Å². The molecule has 3 aromatic carbocycles. The van der Waals surface area contributed by atoms with Crippen molar-refractivity contribution in [3.05, 3.63) is 82.9 Å². The highest BCUT2D eigenvalue weighted by molar-refractivity contribution is 7.20. The topological polar surface area (TPSA) is 68.1 Å². The summed E-state index contributed by atoms with van der Waals surface area (Å²) in [5.41, 5.74) is 6.92. The van der Waals surface area contributed by atoms with Gasteiger partial charge in [-0.1, -0.05) is 43.7 Å². The van der Waals surface area contributed by atoms with Crippen molar-refractivity contribution in [2.45, 2.75) is 20.8 Å². The fourth-order valence-corrected chi connectivity index (χ4v) is 4.06. The van der Waals surface area contributed by atoms with E-state index in [1.54, 1.807) is 24.7 Å². The fraction of sp³-hybridized carbons (Fsp3) is 0.222. The van der Waals surface area contributed by atoms with Crippen LogP contribution in [0.15, 0.2) is 76.8 Å². The molecule has 0 aliphatic rings. The molecule has 174 valence electrons. The Kier molecular flexibility index (Phi) is 7.54. The number of nitrogens with one attached hydrogen (secondary N) is 1. The zero-order valence-corrected chi connectivity index (χ0v) is 20.6. The first kappa shape index (κ1) is 23.4. The van der Waals surface area contributed by atoms with Crippen LogP contribution in [0.3, 0.4) is 0 Å². The van der Waals surface area contributed by atoms with Gasteiger partial charge < -0.3 is 9.47 Å². The molecule has 7 heteroatoms. The van der Waals surface area contributed by atoms with Gasteiger partial charge in [0.05, 0.1) is 35.8 Å². The molecule has 6 nitrogen and oxygen atoms in total. The Morgan fingerprint density at radius 2 is 1.85 bits per heavy atom. The minimum atomic E-state index is 0.434. The standard InChI is InChI=1S/C27H28N4O2S/c1-18(2)17-33-23-14-11-20(15-24(23)32-4)16-28-31-26(29-21-12-9-19(3)10-13-21)27-30-22-7-5-6-8-25(22)34-27/h5-16,18H,17H2,1-4H3,(H,29,31)/b28-16+. The van der Waals surface area contributed by atoms with Gasteiger partial charge in [0.2, 0.25) is 0 Å². The van der Waals surface area contributed by atoms with E-state index in [4.69, 9.17) is 19.5 Å². The average molecular weight is 473 g/mol. The molecule has 0 unspecified atom stereocenters. The van der Waals surface area contributed by atoms with Crippen LogP contribution in [0.5, 0.6) is 11.5 Å². The largest absolute Gasteiger partial charge is 0.493 e. The van der Waals surface area contributed by atoms with E-state index in [2.05, 4.69) is 37.4 Å². The molecule has 0 radical (unpaired) electrons. The minimum absolute atomic E-state index is 0.434. The molecule has 0 saturated heterocycles. The Bertz CT molecular complexity index is 1280. The number of rotatable bonds is 8. The lowest BCUT2D eigenvalue weighted by molar-refractivity contribution is 0.257. The molecule has 4 rings (SSSR count). The Labute approximate surface area is 204 Å². The summed E-state index contributed by atoms with van der Waals surface area (Å²) in [6.45, 7) is 6.91. The van der Waals surface area contributed by atoms with Gasteiger partial charge in [0.25, 0.3) is 0 Å². The molecule has 0 bridgehead atoms. The maximum atomic E-state index is 5.84. The van der Waals surface area contributed by atoms with Crippen LogP contribution in [0.1, 0.15) is 30.0 Å². The normalized spacial score (nSPS) is 12.0. The summed E-state index contributed by atoms with van der Waals surface area (Å²) < 4.78 is 12.4. The first-order valence-corrected chi connectivity index (χ1v) is 11.9. The summed E-state index contributed by atoms with van der Waals surface area (Å²) in [7, 11) is 1.64. The lowest BCUT2D eigenvalue weighted by Crippen LogP contribution is -2.18. The van der Waals surface area contributed by atoms with Crippen LogP contribution < -0.4 is 14.9 Å². The minimum Gasteiger partial charge on any atom is -0.493 e. The zero-order chi connectivity index (χ0) is 23.9. The van der Waals surface area contributed by atoms with Crippen LogP contribution in [-0.4, -0.2) is 30.8 Å². The lowest BCUT2D eigenvalue weighted by atomic mass is 10.2. The van der Waals surface area contributed by atoms with Crippen LogP contribution in [0.25, 0.3) is 10.2 Å². The molecule has 0 atom stereocenters. The van der Waals surface area contributed by atoms with Crippen molar-refractivity contribution in [3.8, 4) is 11.5 Å². The smallest absolute Gasteiger partial charge is 0.183 e. The van der Waals surface area contributed by atoms with Crippen molar-refractivity contribution in [3.63, 3.8) is 0 Å². The van der Waals surface area contributed by atoms with Gasteiger partial charge in [-0.2, -0.15) is 5.10 Å². The Morgan fingerprint density at radius 1 is 1.06 bits per heavy atom. The maximum Gasteiger partial charge on any atom is 0.183 e. The van der Waals surface area contributed by atoms with Crippen molar-refractivity contribution in [2.75, 3.05) is 13.7 Å². The molecule has 1 N–H and O–H groups in total. The molecule has 0 spiro atoms. The number of aliphatic imine (C=N–C) groups is 1. The zero-order valence-electron chi connectivity index (χ0n) is 19.8. The maximum absolute atomic E-state index is 5.84. The highest BCUT2D eigenvalue weighted by Crippen LogP contribution is 2.28. The summed E-state index contributed by atoms with van der Waals surface area (Å²) in [4.78, 5) is 9.52. The summed E-state index contributed by atoms with van der Waals surface area (Å²) in [5.74, 6) is 2.41. The predicted molar refractivity (Wildman–Crippen MR) is 141 cm³/mol. The highest BCUT2D eigenvalue weighted by Gasteiger charge is 2.11. The van der Waals surface area contributed by atoms with E-state index in [0.717, 1.165) is 32.2 Å². The van der Waals surface area contributed by atoms with Gasteiger partial charge in [-0.3, -0.25) is 5.43 Å². The molecule has 1 aromatic heterocycles. The number of ether oxygens (including phenoxy) is 2. The van der Waals surface area contributed by atoms with Crippen molar-refractivity contribution in [1.29, 1.82) is 0 Å². The first-order valence-electron chi connectivity index (χ1n) is 11.1. The van der Waals surface area contributed by atoms with Crippen molar-refractivity contribution >= 4 is 39.3 Å². The number of amidine groups is 1. The van der Waals surface area contributed by atoms with E-state index in [-0.39, 0.29) is 0 Å². The number of para-hydroxylation sites is 1. The number of nitrogens with zero attached hydrogens (tertiary/aromatic N) is 3. The van der Waals surface area contributed by atoms with Gasteiger partial charge in [-0.15, -0.1) is 11.3 Å². The van der Waals surface area contributed by atoms with E-state index in [1.165, 1.54) is 5.56 Å². The molecular formula is C27H28N4O2S. The van der Waals surface area contributed by atoms with E-state index in [9.17, 15) is 0 Å². The van der Waals surface area contributed by atoms with E-state index >= 15 is 0 Å². The number of benzene rings is 3. The van der Waals surface area contributed by atoms with Crippen LogP contribution in [-0.2, 0) is 0 Å². The Hall–Kier alpha value is -3.71. The fourth-order valence-electron chi connectivity index (χ4n) is 3.15.